The number of hydrogen-bond acceptors (Lipinski definition) is 3. The van der Waals surface area contributed by atoms with E-state index in [0.717, 1.165) is 66.6 Å². The lowest BCUT2D eigenvalue weighted by atomic mass is 10.1. The zero-order valence-corrected chi connectivity index (χ0v) is 12.2. The summed E-state index contributed by atoms with van der Waals surface area (Å²) in [6, 6.07) is 5.79. The van der Waals surface area contributed by atoms with Crippen molar-refractivity contribution in [2.75, 3.05) is 40.0 Å². The Balaban J connectivity index is 1.66. The predicted octanol–water partition coefficient (Wildman–Crippen LogP) is 2.00. The van der Waals surface area contributed by atoms with Crippen molar-refractivity contribution in [2.45, 2.75) is 6.54 Å². The Labute approximate surface area is 123 Å². The van der Waals surface area contributed by atoms with Crippen LogP contribution in [0, 0.1) is 0 Å². The molecule has 1 aromatic rings. The van der Waals surface area contributed by atoms with Gasteiger partial charge in [0.25, 0.3) is 0 Å². The van der Waals surface area contributed by atoms with Gasteiger partial charge in [0.15, 0.2) is 0 Å². The summed E-state index contributed by atoms with van der Waals surface area (Å²) < 4.78 is 1.03. The van der Waals surface area contributed by atoms with Gasteiger partial charge in [-0.3, -0.25) is 4.48 Å². The number of halogens is 2. The highest BCUT2D eigenvalue weighted by Gasteiger charge is 2.48. The highest BCUT2D eigenvalue weighted by Crippen LogP contribution is 2.34. The van der Waals surface area contributed by atoms with Crippen LogP contribution in [-0.4, -0.2) is 59.2 Å². The number of nitrogens with zero attached hydrogens (tertiary/aromatic N) is 4. The van der Waals surface area contributed by atoms with E-state index in [9.17, 15) is 0 Å². The van der Waals surface area contributed by atoms with Crippen LogP contribution in [0.3, 0.4) is 0 Å². The van der Waals surface area contributed by atoms with Gasteiger partial charge in [0.2, 0.25) is 0 Å². The molecule has 0 atom stereocenters. The Morgan fingerprint density at radius 2 is 1.37 bits per heavy atom. The van der Waals surface area contributed by atoms with Gasteiger partial charge in [0, 0.05) is 5.56 Å². The van der Waals surface area contributed by atoms with Crippen LogP contribution in [0.15, 0.2) is 18.2 Å². The molecule has 102 valence electrons. The molecule has 4 bridgehead atoms. The van der Waals surface area contributed by atoms with Crippen LogP contribution >= 0.6 is 23.2 Å². The van der Waals surface area contributed by atoms with E-state index in [-0.39, 0.29) is 0 Å². The zero-order valence-electron chi connectivity index (χ0n) is 10.7. The van der Waals surface area contributed by atoms with Gasteiger partial charge in [-0.15, -0.1) is 0 Å². The summed E-state index contributed by atoms with van der Waals surface area (Å²) in [5.74, 6) is 0. The van der Waals surface area contributed by atoms with Crippen molar-refractivity contribution in [3.8, 4) is 0 Å². The number of benzene rings is 1. The van der Waals surface area contributed by atoms with Crippen LogP contribution in [0.25, 0.3) is 0 Å². The maximum absolute atomic E-state index is 6.33. The number of quaternary nitrogens is 1. The van der Waals surface area contributed by atoms with Gasteiger partial charge in [-0.05, 0) is 12.1 Å². The summed E-state index contributed by atoms with van der Waals surface area (Å²) in [5, 5.41) is 1.59. The molecular formula is C13H17Cl2N4+. The van der Waals surface area contributed by atoms with Gasteiger partial charge < -0.3 is 0 Å². The molecule has 5 rings (SSSR count). The Morgan fingerprint density at radius 3 is 1.84 bits per heavy atom. The topological polar surface area (TPSA) is 9.72 Å². The molecule has 4 heterocycles. The van der Waals surface area contributed by atoms with Gasteiger partial charge >= 0.3 is 0 Å². The van der Waals surface area contributed by atoms with E-state index >= 15 is 0 Å². The fourth-order valence-corrected chi connectivity index (χ4v) is 4.34. The standard InChI is InChI=1S/C13H17Cl2N4/c14-12-2-1-3-13(15)11(12)4-19-8-16-5-17(9-19)7-18(6-16)10-19/h1-3H,4-10H2/q+1. The van der Waals surface area contributed by atoms with Crippen molar-refractivity contribution in [3.63, 3.8) is 0 Å². The summed E-state index contributed by atoms with van der Waals surface area (Å²) in [6.45, 7) is 7.55. The fourth-order valence-electron chi connectivity index (χ4n) is 3.83. The third kappa shape index (κ3) is 2.07. The van der Waals surface area contributed by atoms with E-state index in [1.165, 1.54) is 0 Å². The van der Waals surface area contributed by atoms with E-state index in [1.807, 2.05) is 18.2 Å². The third-order valence-electron chi connectivity index (χ3n) is 4.26. The average Bonchev–Trinajstić information content (AvgIpc) is 2.32. The van der Waals surface area contributed by atoms with Gasteiger partial charge in [-0.25, -0.2) is 14.7 Å². The van der Waals surface area contributed by atoms with E-state index in [1.54, 1.807) is 0 Å². The van der Waals surface area contributed by atoms with Crippen LogP contribution in [0.2, 0.25) is 10.0 Å². The molecule has 4 aliphatic rings. The molecule has 4 saturated heterocycles. The van der Waals surface area contributed by atoms with Crippen molar-refractivity contribution >= 4 is 23.2 Å². The lowest BCUT2D eigenvalue weighted by Gasteiger charge is -2.60. The lowest BCUT2D eigenvalue weighted by molar-refractivity contribution is -0.991. The second kappa shape index (κ2) is 4.32. The summed E-state index contributed by atoms with van der Waals surface area (Å²) in [4.78, 5) is 7.50. The molecular weight excluding hydrogens is 283 g/mol. The molecule has 0 saturated carbocycles. The molecule has 0 amide bonds. The van der Waals surface area contributed by atoms with Crippen molar-refractivity contribution in [3.05, 3.63) is 33.8 Å². The van der Waals surface area contributed by atoms with Crippen molar-refractivity contribution in [1.29, 1.82) is 0 Å². The van der Waals surface area contributed by atoms with Crippen molar-refractivity contribution in [1.82, 2.24) is 14.7 Å². The second-order valence-corrected chi connectivity index (χ2v) is 6.88. The van der Waals surface area contributed by atoms with Gasteiger partial charge in [-0.1, -0.05) is 29.3 Å². The van der Waals surface area contributed by atoms with Crippen LogP contribution in [-0.2, 0) is 6.54 Å². The van der Waals surface area contributed by atoms with E-state index in [4.69, 9.17) is 23.2 Å². The number of rotatable bonds is 2. The molecule has 0 N–H and O–H groups in total. The maximum Gasteiger partial charge on any atom is 0.139 e. The molecule has 1 aromatic carbocycles. The first-order chi connectivity index (χ1) is 9.13. The minimum Gasteiger partial charge on any atom is -0.282 e. The molecule has 4 aliphatic heterocycles. The zero-order chi connectivity index (χ0) is 13.0. The van der Waals surface area contributed by atoms with Crippen LogP contribution < -0.4 is 0 Å². The highest BCUT2D eigenvalue weighted by atomic mass is 35.5. The molecule has 0 aliphatic carbocycles. The molecule has 6 heteroatoms. The number of hydrogen-bond donors (Lipinski definition) is 0. The molecule has 0 unspecified atom stereocenters. The Morgan fingerprint density at radius 1 is 0.895 bits per heavy atom. The van der Waals surface area contributed by atoms with E-state index < -0.39 is 0 Å². The molecule has 4 fully saturated rings. The van der Waals surface area contributed by atoms with E-state index in [0.29, 0.717) is 0 Å². The van der Waals surface area contributed by atoms with Gasteiger partial charge in [-0.2, -0.15) is 0 Å². The maximum atomic E-state index is 6.33. The minimum atomic E-state index is 0.793. The predicted molar refractivity (Wildman–Crippen MR) is 75.1 cm³/mol. The molecule has 0 aromatic heterocycles. The fraction of sp³-hybridized carbons (Fsp3) is 0.538. The summed E-state index contributed by atoms with van der Waals surface area (Å²) in [6.07, 6.45) is 0. The monoisotopic (exact) mass is 299 g/mol. The van der Waals surface area contributed by atoms with E-state index in [2.05, 4.69) is 14.7 Å². The lowest BCUT2D eigenvalue weighted by Crippen LogP contribution is -2.78. The first kappa shape index (κ1) is 12.4. The SMILES string of the molecule is Clc1cccc(Cl)c1C[N+]12CN3CN(CN(C3)C1)C2. The Bertz CT molecular complexity index is 464. The molecule has 19 heavy (non-hydrogen) atoms. The van der Waals surface area contributed by atoms with Crippen LogP contribution in [0.5, 0.6) is 0 Å². The van der Waals surface area contributed by atoms with Crippen LogP contribution in [0.4, 0.5) is 0 Å². The highest BCUT2D eigenvalue weighted by molar-refractivity contribution is 6.35. The minimum absolute atomic E-state index is 0.793. The second-order valence-electron chi connectivity index (χ2n) is 6.06. The average molecular weight is 300 g/mol. The first-order valence-corrected chi connectivity index (χ1v) is 7.34. The Hall–Kier alpha value is -0.360. The van der Waals surface area contributed by atoms with Gasteiger partial charge in [0.05, 0.1) is 30.1 Å². The van der Waals surface area contributed by atoms with Crippen molar-refractivity contribution in [2.24, 2.45) is 0 Å². The van der Waals surface area contributed by atoms with Gasteiger partial charge in [0.1, 0.15) is 26.6 Å². The summed E-state index contributed by atoms with van der Waals surface area (Å²) in [7, 11) is 0. The van der Waals surface area contributed by atoms with Crippen LogP contribution in [0.1, 0.15) is 5.56 Å². The smallest absolute Gasteiger partial charge is 0.139 e. The Kier molecular flexibility index (Phi) is 2.81. The molecule has 0 radical (unpaired) electrons. The van der Waals surface area contributed by atoms with Crippen molar-refractivity contribution < 1.29 is 4.48 Å². The summed E-state index contributed by atoms with van der Waals surface area (Å²) >= 11 is 12.7. The summed E-state index contributed by atoms with van der Waals surface area (Å²) in [5.41, 5.74) is 1.09. The largest absolute Gasteiger partial charge is 0.282 e. The third-order valence-corrected chi connectivity index (χ3v) is 4.96. The molecule has 0 spiro atoms. The first-order valence-electron chi connectivity index (χ1n) is 6.59. The molecule has 4 nitrogen and oxygen atoms in total. The quantitative estimate of drug-likeness (QED) is 0.774. The normalized spacial score (nSPS) is 39.8.